The highest BCUT2D eigenvalue weighted by molar-refractivity contribution is 7.91. The zero-order valence-electron chi connectivity index (χ0n) is 8.54. The van der Waals surface area contributed by atoms with Crippen LogP contribution in [0.15, 0.2) is 0 Å². The van der Waals surface area contributed by atoms with Crippen molar-refractivity contribution in [2.24, 2.45) is 11.7 Å². The van der Waals surface area contributed by atoms with E-state index < -0.39 is 9.84 Å². The van der Waals surface area contributed by atoms with E-state index in [1.807, 2.05) is 0 Å². The molecule has 0 aromatic carbocycles. The van der Waals surface area contributed by atoms with E-state index in [2.05, 4.69) is 0 Å². The molecule has 2 fully saturated rings. The van der Waals surface area contributed by atoms with Gasteiger partial charge in [-0.05, 0) is 25.2 Å². The fourth-order valence-corrected chi connectivity index (χ4v) is 4.06. The Labute approximate surface area is 86.0 Å². The smallest absolute Gasteiger partial charge is 0.150 e. The van der Waals surface area contributed by atoms with Crippen molar-refractivity contribution in [1.82, 2.24) is 0 Å². The van der Waals surface area contributed by atoms with Crippen molar-refractivity contribution in [2.45, 2.75) is 44.1 Å². The molecule has 2 N–H and O–H groups in total. The van der Waals surface area contributed by atoms with Crippen LogP contribution in [-0.2, 0) is 9.84 Å². The predicted molar refractivity (Wildman–Crippen MR) is 56.8 cm³/mol. The van der Waals surface area contributed by atoms with Gasteiger partial charge in [0.05, 0.1) is 11.5 Å². The van der Waals surface area contributed by atoms with Gasteiger partial charge in [-0.25, -0.2) is 8.42 Å². The van der Waals surface area contributed by atoms with Crippen LogP contribution in [0.3, 0.4) is 0 Å². The maximum atomic E-state index is 11.3. The second-order valence-electron chi connectivity index (χ2n) is 5.02. The Kier molecular flexibility index (Phi) is 2.60. The van der Waals surface area contributed by atoms with Crippen LogP contribution in [0.1, 0.15) is 38.5 Å². The van der Waals surface area contributed by atoms with Crippen molar-refractivity contribution < 1.29 is 8.42 Å². The minimum atomic E-state index is -2.76. The van der Waals surface area contributed by atoms with Crippen LogP contribution in [0.25, 0.3) is 0 Å². The van der Waals surface area contributed by atoms with Crippen molar-refractivity contribution in [3.63, 3.8) is 0 Å². The summed E-state index contributed by atoms with van der Waals surface area (Å²) < 4.78 is 22.5. The Hall–Kier alpha value is -0.0900. The molecule has 2 rings (SSSR count). The van der Waals surface area contributed by atoms with Gasteiger partial charge in [0.15, 0.2) is 0 Å². The third-order valence-electron chi connectivity index (χ3n) is 3.74. The lowest BCUT2D eigenvalue weighted by molar-refractivity contribution is 0.212. The number of rotatable bonds is 2. The Balaban J connectivity index is 1.90. The summed E-state index contributed by atoms with van der Waals surface area (Å²) in [6, 6.07) is 0. The zero-order chi connectivity index (χ0) is 10.2. The van der Waals surface area contributed by atoms with Crippen molar-refractivity contribution in [3.05, 3.63) is 0 Å². The molecule has 0 atom stereocenters. The van der Waals surface area contributed by atoms with Gasteiger partial charge >= 0.3 is 0 Å². The molecule has 0 amide bonds. The van der Waals surface area contributed by atoms with Gasteiger partial charge in [-0.3, -0.25) is 0 Å². The summed E-state index contributed by atoms with van der Waals surface area (Å²) in [5.74, 6) is 1.38. The Morgan fingerprint density at radius 3 is 2.21 bits per heavy atom. The molecule has 1 aliphatic heterocycles. The van der Waals surface area contributed by atoms with Gasteiger partial charge in [-0.2, -0.15) is 0 Å². The highest BCUT2D eigenvalue weighted by Crippen LogP contribution is 2.36. The van der Waals surface area contributed by atoms with Crippen LogP contribution in [-0.4, -0.2) is 25.5 Å². The van der Waals surface area contributed by atoms with E-state index in [1.54, 1.807) is 0 Å². The second-order valence-corrected chi connectivity index (χ2v) is 7.32. The second kappa shape index (κ2) is 3.49. The first kappa shape index (κ1) is 10.4. The maximum Gasteiger partial charge on any atom is 0.150 e. The first-order chi connectivity index (χ1) is 6.49. The van der Waals surface area contributed by atoms with Gasteiger partial charge in [0.25, 0.3) is 0 Å². The molecule has 0 bridgehead atoms. The molecule has 1 aliphatic carbocycles. The Bertz CT molecular complexity index is 292. The molecule has 0 radical (unpaired) electrons. The summed E-state index contributed by atoms with van der Waals surface area (Å²) >= 11 is 0. The summed E-state index contributed by atoms with van der Waals surface area (Å²) in [6.45, 7) is 0. The van der Waals surface area contributed by atoms with Gasteiger partial charge in [0, 0.05) is 5.54 Å². The first-order valence-corrected chi connectivity index (χ1v) is 7.31. The molecule has 14 heavy (non-hydrogen) atoms. The van der Waals surface area contributed by atoms with E-state index in [0.717, 1.165) is 12.3 Å². The average molecular weight is 217 g/mol. The topological polar surface area (TPSA) is 60.2 Å². The molecular formula is C10H19NO2S. The van der Waals surface area contributed by atoms with Crippen LogP contribution < -0.4 is 5.73 Å². The zero-order valence-corrected chi connectivity index (χ0v) is 9.35. The van der Waals surface area contributed by atoms with E-state index in [1.165, 1.54) is 19.3 Å². The average Bonchev–Trinajstić information content (AvgIpc) is 2.05. The van der Waals surface area contributed by atoms with Crippen LogP contribution in [0.5, 0.6) is 0 Å². The molecule has 1 saturated carbocycles. The van der Waals surface area contributed by atoms with E-state index in [4.69, 9.17) is 5.73 Å². The summed E-state index contributed by atoms with van der Waals surface area (Å²) in [5, 5.41) is 0. The summed E-state index contributed by atoms with van der Waals surface area (Å²) in [4.78, 5) is 0. The van der Waals surface area contributed by atoms with Gasteiger partial charge in [0.2, 0.25) is 0 Å². The molecule has 1 saturated heterocycles. The van der Waals surface area contributed by atoms with E-state index in [9.17, 15) is 8.42 Å². The third kappa shape index (κ3) is 2.28. The normalized spacial score (nSPS) is 30.9. The lowest BCUT2D eigenvalue weighted by Crippen LogP contribution is -2.48. The van der Waals surface area contributed by atoms with Crippen molar-refractivity contribution in [3.8, 4) is 0 Å². The highest BCUT2D eigenvalue weighted by atomic mass is 32.2. The summed E-state index contributed by atoms with van der Waals surface area (Å²) in [6.07, 6.45) is 6.32. The molecule has 0 aromatic heterocycles. The molecule has 3 nitrogen and oxygen atoms in total. The predicted octanol–water partition coefficient (Wildman–Crippen LogP) is 1.08. The van der Waals surface area contributed by atoms with Gasteiger partial charge < -0.3 is 5.73 Å². The molecule has 1 heterocycles. The summed E-state index contributed by atoms with van der Waals surface area (Å²) in [5.41, 5.74) is 6.06. The molecule has 2 aliphatic rings. The minimum Gasteiger partial charge on any atom is -0.325 e. The van der Waals surface area contributed by atoms with Crippen LogP contribution in [0.2, 0.25) is 0 Å². The van der Waals surface area contributed by atoms with Gasteiger partial charge in [-0.1, -0.05) is 19.3 Å². The Morgan fingerprint density at radius 1 is 1.21 bits per heavy atom. The van der Waals surface area contributed by atoms with Gasteiger partial charge in [0.1, 0.15) is 9.84 Å². The SMILES string of the molecule is NC1(CC2CCC2)CCS(=O)(=O)CC1. The van der Waals surface area contributed by atoms with Crippen molar-refractivity contribution in [1.29, 1.82) is 0 Å². The van der Waals surface area contributed by atoms with Crippen molar-refractivity contribution >= 4 is 9.84 Å². The maximum absolute atomic E-state index is 11.3. The molecule has 0 spiro atoms. The van der Waals surface area contributed by atoms with Crippen LogP contribution in [0, 0.1) is 5.92 Å². The minimum absolute atomic E-state index is 0.170. The number of nitrogens with two attached hydrogens (primary N) is 1. The standard InChI is InChI=1S/C10H19NO2S/c11-10(8-9-2-1-3-9)4-6-14(12,13)7-5-10/h9H,1-8,11H2. The van der Waals surface area contributed by atoms with E-state index in [0.29, 0.717) is 24.3 Å². The molecule has 0 unspecified atom stereocenters. The number of hydrogen-bond donors (Lipinski definition) is 1. The molecule has 82 valence electrons. The fourth-order valence-electron chi connectivity index (χ4n) is 2.42. The number of hydrogen-bond acceptors (Lipinski definition) is 3. The van der Waals surface area contributed by atoms with Gasteiger partial charge in [-0.15, -0.1) is 0 Å². The first-order valence-electron chi connectivity index (χ1n) is 5.48. The largest absolute Gasteiger partial charge is 0.325 e. The fraction of sp³-hybridized carbons (Fsp3) is 1.00. The van der Waals surface area contributed by atoms with Crippen LogP contribution in [0.4, 0.5) is 0 Å². The lowest BCUT2D eigenvalue weighted by atomic mass is 9.74. The highest BCUT2D eigenvalue weighted by Gasteiger charge is 2.36. The third-order valence-corrected chi connectivity index (χ3v) is 5.39. The van der Waals surface area contributed by atoms with Crippen LogP contribution >= 0.6 is 0 Å². The van der Waals surface area contributed by atoms with E-state index in [-0.39, 0.29) is 5.54 Å². The summed E-state index contributed by atoms with van der Waals surface area (Å²) in [7, 11) is -2.76. The number of sulfone groups is 1. The van der Waals surface area contributed by atoms with E-state index >= 15 is 0 Å². The quantitative estimate of drug-likeness (QED) is 0.753. The molecule has 4 heteroatoms. The monoisotopic (exact) mass is 217 g/mol. The van der Waals surface area contributed by atoms with Crippen molar-refractivity contribution in [2.75, 3.05) is 11.5 Å². The lowest BCUT2D eigenvalue weighted by Gasteiger charge is -2.39. The Morgan fingerprint density at radius 2 is 1.79 bits per heavy atom. The molecular weight excluding hydrogens is 198 g/mol. The molecule has 0 aromatic rings.